The summed E-state index contributed by atoms with van der Waals surface area (Å²) in [6, 6.07) is 0. The first-order valence-electron chi connectivity index (χ1n) is 16.9. The van der Waals surface area contributed by atoms with E-state index in [1.165, 1.54) is 89.9 Å². The number of unbranched alkanes of at least 4 members (excludes halogenated alkanes) is 19. The Hall–Kier alpha value is -1.52. The minimum Gasteiger partial charge on any atom is -0.348 e. The Bertz CT molecular complexity index is 674. The Morgan fingerprint density at radius 3 is 1.02 bits per heavy atom. The minimum atomic E-state index is -4.87. The molecule has 0 atom stereocenters. The first-order chi connectivity index (χ1) is 20.5. The summed E-state index contributed by atoms with van der Waals surface area (Å²) in [6.07, 6.45) is 15.0. The van der Waals surface area contributed by atoms with Crippen LogP contribution in [-0.2, 0) is 9.59 Å². The summed E-state index contributed by atoms with van der Waals surface area (Å²) in [5.41, 5.74) is 0. The molecule has 0 saturated heterocycles. The number of alkyl halides is 6. The van der Waals surface area contributed by atoms with Gasteiger partial charge in [0.15, 0.2) is 0 Å². The van der Waals surface area contributed by atoms with Crippen molar-refractivity contribution in [3.8, 4) is 0 Å². The van der Waals surface area contributed by atoms with Crippen LogP contribution < -0.4 is 10.6 Å². The molecule has 0 unspecified atom stereocenters. The smallest absolute Gasteiger partial charge is 0.348 e. The van der Waals surface area contributed by atoms with E-state index < -0.39 is 24.2 Å². The fourth-order valence-electron chi connectivity index (χ4n) is 5.10. The standard InChI is InChI=1S/C32H59F6N3O2/c1-2-3-4-5-6-7-8-9-10-11-12-13-14-15-17-21-26-41(28-23-20-25-40-30(43)32(36,37)38)27-22-18-16-19-24-39-29(42)31(33,34)35/h2-28H2,1H3,(H,39,42)(H,40,43). The Morgan fingerprint density at radius 2 is 0.698 bits per heavy atom. The van der Waals surface area contributed by atoms with E-state index in [2.05, 4.69) is 11.8 Å². The van der Waals surface area contributed by atoms with Crippen LogP contribution in [0.3, 0.4) is 0 Å². The van der Waals surface area contributed by atoms with Crippen LogP contribution in [0.15, 0.2) is 0 Å². The molecule has 0 aromatic carbocycles. The maximum absolute atomic E-state index is 12.3. The Balaban J connectivity index is 4.03. The van der Waals surface area contributed by atoms with Gasteiger partial charge in [0.1, 0.15) is 0 Å². The van der Waals surface area contributed by atoms with Crippen molar-refractivity contribution in [1.82, 2.24) is 15.5 Å². The number of halogens is 6. The molecule has 43 heavy (non-hydrogen) atoms. The fourth-order valence-corrected chi connectivity index (χ4v) is 5.10. The summed E-state index contributed by atoms with van der Waals surface area (Å²) in [4.78, 5) is 24.1. The third-order valence-corrected chi connectivity index (χ3v) is 7.72. The van der Waals surface area contributed by atoms with Gasteiger partial charge in [-0.05, 0) is 51.7 Å². The average molecular weight is 632 g/mol. The highest BCUT2D eigenvalue weighted by molar-refractivity contribution is 5.81. The Labute approximate surface area is 256 Å². The molecule has 0 fully saturated rings. The zero-order chi connectivity index (χ0) is 32.2. The lowest BCUT2D eigenvalue weighted by molar-refractivity contribution is -0.173. The Morgan fingerprint density at radius 1 is 0.442 bits per heavy atom. The second kappa shape index (κ2) is 26.8. The lowest BCUT2D eigenvalue weighted by Gasteiger charge is -2.22. The first-order valence-corrected chi connectivity index (χ1v) is 16.9. The third kappa shape index (κ3) is 27.7. The van der Waals surface area contributed by atoms with E-state index in [1.807, 2.05) is 10.6 Å². The molecule has 0 aliphatic heterocycles. The molecule has 0 radical (unpaired) electrons. The number of carbonyl (C=O) groups excluding carboxylic acids is 2. The number of amides is 2. The van der Waals surface area contributed by atoms with E-state index in [4.69, 9.17) is 0 Å². The summed E-state index contributed by atoms with van der Waals surface area (Å²) >= 11 is 0. The lowest BCUT2D eigenvalue weighted by atomic mass is 10.0. The second-order valence-corrected chi connectivity index (χ2v) is 11.8. The lowest BCUT2D eigenvalue weighted by Crippen LogP contribution is -2.37. The minimum absolute atomic E-state index is 0.00903. The molecule has 0 aromatic rings. The molecule has 0 aliphatic carbocycles. The van der Waals surface area contributed by atoms with E-state index in [-0.39, 0.29) is 13.1 Å². The van der Waals surface area contributed by atoms with Crippen LogP contribution in [0.1, 0.15) is 148 Å². The molecule has 256 valence electrons. The van der Waals surface area contributed by atoms with Gasteiger partial charge >= 0.3 is 24.2 Å². The predicted octanol–water partition coefficient (Wildman–Crippen LogP) is 9.25. The van der Waals surface area contributed by atoms with Gasteiger partial charge in [-0.2, -0.15) is 26.3 Å². The van der Waals surface area contributed by atoms with Crippen molar-refractivity contribution in [2.24, 2.45) is 0 Å². The van der Waals surface area contributed by atoms with Crippen molar-refractivity contribution in [2.75, 3.05) is 32.7 Å². The van der Waals surface area contributed by atoms with Crippen LogP contribution in [0.25, 0.3) is 0 Å². The number of hydrogen-bond acceptors (Lipinski definition) is 3. The van der Waals surface area contributed by atoms with Crippen LogP contribution in [0, 0.1) is 0 Å². The summed E-state index contributed by atoms with van der Waals surface area (Å²) in [5, 5.41) is 3.78. The normalized spacial score (nSPS) is 12.2. The molecule has 0 aliphatic rings. The molecular weight excluding hydrogens is 572 g/mol. The van der Waals surface area contributed by atoms with Crippen molar-refractivity contribution < 1.29 is 35.9 Å². The molecule has 0 saturated carbocycles. The van der Waals surface area contributed by atoms with Gasteiger partial charge in [0.2, 0.25) is 0 Å². The number of nitrogens with zero attached hydrogens (tertiary/aromatic N) is 1. The largest absolute Gasteiger partial charge is 0.471 e. The molecular formula is C32H59F6N3O2. The van der Waals surface area contributed by atoms with Gasteiger partial charge in [0, 0.05) is 13.1 Å². The van der Waals surface area contributed by atoms with Crippen LogP contribution >= 0.6 is 0 Å². The molecule has 2 N–H and O–H groups in total. The highest BCUT2D eigenvalue weighted by atomic mass is 19.4. The van der Waals surface area contributed by atoms with E-state index in [1.54, 1.807) is 0 Å². The van der Waals surface area contributed by atoms with Gasteiger partial charge in [-0.15, -0.1) is 0 Å². The molecule has 0 bridgehead atoms. The molecule has 0 heterocycles. The quantitative estimate of drug-likeness (QED) is 0.0639. The van der Waals surface area contributed by atoms with Crippen molar-refractivity contribution in [3.63, 3.8) is 0 Å². The zero-order valence-electron chi connectivity index (χ0n) is 26.6. The van der Waals surface area contributed by atoms with E-state index in [9.17, 15) is 35.9 Å². The van der Waals surface area contributed by atoms with Gasteiger partial charge < -0.3 is 15.5 Å². The zero-order valence-corrected chi connectivity index (χ0v) is 26.6. The number of rotatable bonds is 29. The summed E-state index contributed by atoms with van der Waals surface area (Å²) in [6.45, 7) is 4.65. The van der Waals surface area contributed by atoms with E-state index in [0.29, 0.717) is 25.7 Å². The highest BCUT2D eigenvalue weighted by Gasteiger charge is 2.38. The maximum Gasteiger partial charge on any atom is 0.471 e. The van der Waals surface area contributed by atoms with Crippen LogP contribution in [0.4, 0.5) is 26.3 Å². The van der Waals surface area contributed by atoms with Crippen LogP contribution in [0.5, 0.6) is 0 Å². The van der Waals surface area contributed by atoms with Gasteiger partial charge in [0.05, 0.1) is 0 Å². The van der Waals surface area contributed by atoms with E-state index in [0.717, 1.165) is 45.3 Å². The van der Waals surface area contributed by atoms with Gasteiger partial charge in [-0.25, -0.2) is 0 Å². The van der Waals surface area contributed by atoms with Crippen molar-refractivity contribution in [2.45, 2.75) is 161 Å². The van der Waals surface area contributed by atoms with Crippen molar-refractivity contribution in [1.29, 1.82) is 0 Å². The molecule has 11 heteroatoms. The average Bonchev–Trinajstić information content (AvgIpc) is 2.94. The molecule has 0 spiro atoms. The highest BCUT2D eigenvalue weighted by Crippen LogP contribution is 2.16. The number of nitrogens with one attached hydrogen (secondary N) is 2. The van der Waals surface area contributed by atoms with Crippen molar-refractivity contribution >= 4 is 11.8 Å². The van der Waals surface area contributed by atoms with Crippen LogP contribution in [0.2, 0.25) is 0 Å². The molecule has 2 amide bonds. The predicted molar refractivity (Wildman–Crippen MR) is 162 cm³/mol. The SMILES string of the molecule is CCCCCCCCCCCCCCCCCCN(CCCCCCNC(=O)C(F)(F)F)CCCCNC(=O)C(F)(F)F. The third-order valence-electron chi connectivity index (χ3n) is 7.72. The summed E-state index contributed by atoms with van der Waals surface area (Å²) in [5.74, 6) is -3.83. The molecule has 0 aromatic heterocycles. The number of hydrogen-bond donors (Lipinski definition) is 2. The van der Waals surface area contributed by atoms with Gasteiger partial charge in [0.25, 0.3) is 0 Å². The topological polar surface area (TPSA) is 61.4 Å². The van der Waals surface area contributed by atoms with Gasteiger partial charge in [-0.1, -0.05) is 116 Å². The molecule has 5 nitrogen and oxygen atoms in total. The number of carbonyl (C=O) groups is 2. The van der Waals surface area contributed by atoms with Crippen molar-refractivity contribution in [3.05, 3.63) is 0 Å². The molecule has 0 rings (SSSR count). The van der Waals surface area contributed by atoms with E-state index >= 15 is 0 Å². The second-order valence-electron chi connectivity index (χ2n) is 11.8. The Kier molecular flexibility index (Phi) is 25.9. The summed E-state index contributed by atoms with van der Waals surface area (Å²) < 4.78 is 73.6. The van der Waals surface area contributed by atoms with Crippen LogP contribution in [-0.4, -0.2) is 61.8 Å². The van der Waals surface area contributed by atoms with Gasteiger partial charge in [-0.3, -0.25) is 9.59 Å². The first kappa shape index (κ1) is 41.5. The maximum atomic E-state index is 12.3. The fraction of sp³-hybridized carbons (Fsp3) is 0.938. The summed E-state index contributed by atoms with van der Waals surface area (Å²) in [7, 11) is 0. The monoisotopic (exact) mass is 631 g/mol.